The van der Waals surface area contributed by atoms with Crippen LogP contribution in [0, 0.1) is 5.92 Å². The van der Waals surface area contributed by atoms with Gasteiger partial charge in [0.25, 0.3) is 0 Å². The Morgan fingerprint density at radius 3 is 2.67 bits per heavy atom. The molecule has 2 rings (SSSR count). The standard InChI is InChI=1S/C11H20N2O4S/c1-13(9-5-12-6-10(9)14)11(15)4-8-2-3-18(16,17)7-8/h8-10,12,14H,2-7H2,1H3/t8?,9-,10-/m0/s1. The van der Waals surface area contributed by atoms with Crippen LogP contribution in [0.5, 0.6) is 0 Å². The average Bonchev–Trinajstić information content (AvgIpc) is 2.84. The number of aliphatic hydroxyl groups is 1. The lowest BCUT2D eigenvalue weighted by Crippen LogP contribution is -2.44. The van der Waals surface area contributed by atoms with Crippen LogP contribution in [-0.4, -0.2) is 68.1 Å². The molecule has 1 amide bonds. The molecule has 2 aliphatic heterocycles. The number of β-amino-alcohol motifs (C(OH)–C–C–N with tert-alkyl or cyclic N) is 1. The number of aliphatic hydroxyl groups excluding tert-OH is 1. The van der Waals surface area contributed by atoms with Gasteiger partial charge in [-0.2, -0.15) is 0 Å². The summed E-state index contributed by atoms with van der Waals surface area (Å²) in [6, 6.07) is -0.199. The fourth-order valence-corrected chi connectivity index (χ4v) is 4.52. The lowest BCUT2D eigenvalue weighted by Gasteiger charge is -2.27. The molecule has 0 saturated carbocycles. The topological polar surface area (TPSA) is 86.7 Å². The van der Waals surface area contributed by atoms with Crippen molar-refractivity contribution in [3.63, 3.8) is 0 Å². The highest BCUT2D eigenvalue weighted by atomic mass is 32.2. The summed E-state index contributed by atoms with van der Waals surface area (Å²) in [7, 11) is -1.26. The summed E-state index contributed by atoms with van der Waals surface area (Å²) in [5, 5.41) is 12.7. The summed E-state index contributed by atoms with van der Waals surface area (Å²) in [5.41, 5.74) is 0. The molecule has 104 valence electrons. The first kappa shape index (κ1) is 13.8. The molecule has 0 bridgehead atoms. The third kappa shape index (κ3) is 3.02. The van der Waals surface area contributed by atoms with Gasteiger partial charge in [0, 0.05) is 26.6 Å². The minimum Gasteiger partial charge on any atom is -0.390 e. The molecular formula is C11H20N2O4S. The maximum Gasteiger partial charge on any atom is 0.223 e. The van der Waals surface area contributed by atoms with E-state index in [0.29, 0.717) is 19.5 Å². The summed E-state index contributed by atoms with van der Waals surface area (Å²) < 4.78 is 22.7. The van der Waals surface area contributed by atoms with E-state index in [2.05, 4.69) is 5.32 Å². The van der Waals surface area contributed by atoms with Crippen molar-refractivity contribution in [3.8, 4) is 0 Å². The van der Waals surface area contributed by atoms with E-state index in [1.54, 1.807) is 11.9 Å². The maximum absolute atomic E-state index is 12.0. The van der Waals surface area contributed by atoms with Gasteiger partial charge in [0.15, 0.2) is 9.84 Å². The SMILES string of the molecule is CN(C(=O)CC1CCS(=O)(=O)C1)[C@H]1CNC[C@@H]1O. The van der Waals surface area contributed by atoms with E-state index < -0.39 is 15.9 Å². The monoisotopic (exact) mass is 276 g/mol. The highest BCUT2D eigenvalue weighted by molar-refractivity contribution is 7.91. The zero-order valence-corrected chi connectivity index (χ0v) is 11.3. The number of likely N-dealkylation sites (N-methyl/N-ethyl adjacent to an activating group) is 1. The second-order valence-corrected chi connectivity index (χ2v) is 7.50. The number of hydrogen-bond acceptors (Lipinski definition) is 5. The van der Waals surface area contributed by atoms with E-state index in [-0.39, 0.29) is 35.8 Å². The highest BCUT2D eigenvalue weighted by Crippen LogP contribution is 2.23. The smallest absolute Gasteiger partial charge is 0.223 e. The molecule has 0 aliphatic carbocycles. The third-order valence-electron chi connectivity index (χ3n) is 3.83. The fraction of sp³-hybridized carbons (Fsp3) is 0.909. The minimum absolute atomic E-state index is 0.0588. The van der Waals surface area contributed by atoms with Crippen molar-refractivity contribution in [2.24, 2.45) is 5.92 Å². The van der Waals surface area contributed by atoms with Gasteiger partial charge < -0.3 is 15.3 Å². The second kappa shape index (κ2) is 5.14. The van der Waals surface area contributed by atoms with E-state index in [9.17, 15) is 18.3 Å². The van der Waals surface area contributed by atoms with Gasteiger partial charge in [0.2, 0.25) is 5.91 Å². The molecular weight excluding hydrogens is 256 g/mol. The van der Waals surface area contributed by atoms with Crippen LogP contribution in [-0.2, 0) is 14.6 Å². The first-order valence-electron chi connectivity index (χ1n) is 6.24. The van der Waals surface area contributed by atoms with Crippen LogP contribution < -0.4 is 5.32 Å². The predicted molar refractivity (Wildman–Crippen MR) is 66.8 cm³/mol. The molecule has 1 unspecified atom stereocenters. The van der Waals surface area contributed by atoms with Crippen LogP contribution in [0.4, 0.5) is 0 Å². The summed E-state index contributed by atoms with van der Waals surface area (Å²) in [6.45, 7) is 1.09. The molecule has 0 spiro atoms. The number of nitrogens with zero attached hydrogens (tertiary/aromatic N) is 1. The summed E-state index contributed by atoms with van der Waals surface area (Å²) in [4.78, 5) is 13.6. The van der Waals surface area contributed by atoms with Crippen LogP contribution in [0.3, 0.4) is 0 Å². The van der Waals surface area contributed by atoms with Crippen molar-refractivity contribution in [1.29, 1.82) is 0 Å². The number of amides is 1. The van der Waals surface area contributed by atoms with Crippen LogP contribution >= 0.6 is 0 Å². The Labute approximate surface area is 107 Å². The van der Waals surface area contributed by atoms with Crippen LogP contribution in [0.15, 0.2) is 0 Å². The fourth-order valence-electron chi connectivity index (χ4n) is 2.66. The molecule has 0 radical (unpaired) electrons. The number of carbonyl (C=O) groups is 1. The van der Waals surface area contributed by atoms with Crippen molar-refractivity contribution in [1.82, 2.24) is 10.2 Å². The third-order valence-corrected chi connectivity index (χ3v) is 5.67. The number of carbonyl (C=O) groups excluding carboxylic acids is 1. The van der Waals surface area contributed by atoms with Gasteiger partial charge in [-0.3, -0.25) is 4.79 Å². The first-order valence-corrected chi connectivity index (χ1v) is 8.06. The molecule has 7 heteroatoms. The molecule has 2 N–H and O–H groups in total. The first-order chi connectivity index (χ1) is 8.39. The highest BCUT2D eigenvalue weighted by Gasteiger charge is 2.34. The molecule has 0 aromatic heterocycles. The lowest BCUT2D eigenvalue weighted by atomic mass is 10.0. The van der Waals surface area contributed by atoms with Gasteiger partial charge in [-0.15, -0.1) is 0 Å². The molecule has 2 aliphatic rings. The molecule has 0 aromatic carbocycles. The molecule has 0 aromatic rings. The second-order valence-electron chi connectivity index (χ2n) is 5.27. The average molecular weight is 276 g/mol. The van der Waals surface area contributed by atoms with E-state index in [1.165, 1.54) is 0 Å². The molecule has 3 atom stereocenters. The van der Waals surface area contributed by atoms with Crippen molar-refractivity contribution in [3.05, 3.63) is 0 Å². The van der Waals surface area contributed by atoms with Crippen molar-refractivity contribution in [2.75, 3.05) is 31.6 Å². The zero-order valence-electron chi connectivity index (χ0n) is 10.5. The van der Waals surface area contributed by atoms with Gasteiger partial charge in [-0.05, 0) is 12.3 Å². The molecule has 2 saturated heterocycles. The van der Waals surface area contributed by atoms with Crippen LogP contribution in [0.2, 0.25) is 0 Å². The Kier molecular flexibility index (Phi) is 3.93. The summed E-state index contributed by atoms with van der Waals surface area (Å²) >= 11 is 0. The van der Waals surface area contributed by atoms with E-state index in [1.807, 2.05) is 0 Å². The number of hydrogen-bond donors (Lipinski definition) is 2. The van der Waals surface area contributed by atoms with Crippen molar-refractivity contribution < 1.29 is 18.3 Å². The van der Waals surface area contributed by atoms with E-state index in [4.69, 9.17) is 0 Å². The summed E-state index contributed by atoms with van der Waals surface area (Å²) in [6.07, 6.45) is 0.304. The van der Waals surface area contributed by atoms with Gasteiger partial charge >= 0.3 is 0 Å². The Morgan fingerprint density at radius 1 is 1.44 bits per heavy atom. The number of nitrogens with one attached hydrogen (secondary N) is 1. The van der Waals surface area contributed by atoms with Gasteiger partial charge in [-0.25, -0.2) is 8.42 Å². The predicted octanol–water partition coefficient (Wildman–Crippen LogP) is -1.40. The molecule has 2 fully saturated rings. The molecule has 6 nitrogen and oxygen atoms in total. The number of sulfone groups is 1. The van der Waals surface area contributed by atoms with Crippen molar-refractivity contribution >= 4 is 15.7 Å². The Bertz CT molecular complexity index is 423. The van der Waals surface area contributed by atoms with Crippen molar-refractivity contribution in [2.45, 2.75) is 25.0 Å². The maximum atomic E-state index is 12.0. The van der Waals surface area contributed by atoms with Gasteiger partial charge in [0.05, 0.1) is 23.7 Å². The van der Waals surface area contributed by atoms with Crippen LogP contribution in [0.25, 0.3) is 0 Å². The summed E-state index contributed by atoms with van der Waals surface area (Å²) in [5.74, 6) is 0.182. The van der Waals surface area contributed by atoms with E-state index >= 15 is 0 Å². The van der Waals surface area contributed by atoms with Gasteiger partial charge in [-0.1, -0.05) is 0 Å². The Morgan fingerprint density at radius 2 is 2.17 bits per heavy atom. The Hall–Kier alpha value is -0.660. The largest absolute Gasteiger partial charge is 0.390 e. The van der Waals surface area contributed by atoms with Crippen LogP contribution in [0.1, 0.15) is 12.8 Å². The quantitative estimate of drug-likeness (QED) is 0.662. The Balaban J connectivity index is 1.88. The number of rotatable bonds is 3. The minimum atomic E-state index is -2.93. The van der Waals surface area contributed by atoms with Gasteiger partial charge in [0.1, 0.15) is 0 Å². The zero-order chi connectivity index (χ0) is 13.3. The van der Waals surface area contributed by atoms with E-state index in [0.717, 1.165) is 0 Å². The molecule has 2 heterocycles. The molecule has 18 heavy (non-hydrogen) atoms. The normalized spacial score (nSPS) is 34.7. The lowest BCUT2D eigenvalue weighted by molar-refractivity contribution is -0.134.